The van der Waals surface area contributed by atoms with E-state index in [9.17, 15) is 14.9 Å². The van der Waals surface area contributed by atoms with Crippen LogP contribution in [0.3, 0.4) is 0 Å². The molecule has 31 heavy (non-hydrogen) atoms. The van der Waals surface area contributed by atoms with Crippen LogP contribution in [0.1, 0.15) is 12.7 Å². The predicted octanol–water partition coefficient (Wildman–Crippen LogP) is 3.52. The van der Waals surface area contributed by atoms with Gasteiger partial charge < -0.3 is 19.4 Å². The lowest BCUT2D eigenvalue weighted by Gasteiger charge is -2.11. The van der Waals surface area contributed by atoms with Crippen molar-refractivity contribution >= 4 is 29.0 Å². The number of ether oxygens (including phenoxy) is 2. The van der Waals surface area contributed by atoms with Gasteiger partial charge in [0.2, 0.25) is 5.91 Å². The maximum Gasteiger partial charge on any atom is 0.269 e. The molecule has 0 saturated carbocycles. The fourth-order valence-corrected chi connectivity index (χ4v) is 3.55. The highest BCUT2D eigenvalue weighted by Gasteiger charge is 2.15. The number of hydrogen-bond acceptors (Lipinski definition) is 8. The number of rotatable bonds is 10. The first kappa shape index (κ1) is 22.1. The molecular formula is C20H21N5O5S. The number of nitro groups is 1. The van der Waals surface area contributed by atoms with Gasteiger partial charge >= 0.3 is 0 Å². The van der Waals surface area contributed by atoms with E-state index in [2.05, 4.69) is 15.5 Å². The number of aromatic nitrogens is 3. The highest BCUT2D eigenvalue weighted by atomic mass is 32.2. The number of non-ortho nitro benzene ring substituents is 1. The van der Waals surface area contributed by atoms with E-state index < -0.39 is 4.92 Å². The van der Waals surface area contributed by atoms with E-state index in [1.165, 1.54) is 36.0 Å². The molecule has 3 aromatic rings. The van der Waals surface area contributed by atoms with Gasteiger partial charge in [0, 0.05) is 24.4 Å². The van der Waals surface area contributed by atoms with Gasteiger partial charge in [0.25, 0.3) is 5.69 Å². The zero-order valence-corrected chi connectivity index (χ0v) is 17.8. The number of carbonyl (C=O) groups excluding carboxylic acids is 1. The monoisotopic (exact) mass is 443 g/mol. The zero-order chi connectivity index (χ0) is 22.2. The van der Waals surface area contributed by atoms with Crippen molar-refractivity contribution in [1.29, 1.82) is 0 Å². The van der Waals surface area contributed by atoms with Crippen LogP contribution in [0.2, 0.25) is 0 Å². The van der Waals surface area contributed by atoms with E-state index in [1.54, 1.807) is 7.11 Å². The van der Waals surface area contributed by atoms with Crippen LogP contribution in [0.15, 0.2) is 53.7 Å². The topological polar surface area (TPSA) is 121 Å². The van der Waals surface area contributed by atoms with Crippen molar-refractivity contribution < 1.29 is 19.2 Å². The number of anilines is 1. The standard InChI is InChI=1S/C20H21N5O5S/c1-3-24-18(12-30-17-7-5-4-6-16(17)29-2)22-23-20(24)31-13-19(26)21-14-8-10-15(11-9-14)25(27)28/h4-11H,3,12-13H2,1-2H3,(H,21,26). The van der Waals surface area contributed by atoms with Crippen LogP contribution in [0, 0.1) is 10.1 Å². The molecule has 0 saturated heterocycles. The van der Waals surface area contributed by atoms with Crippen LogP contribution in [-0.2, 0) is 17.9 Å². The summed E-state index contributed by atoms with van der Waals surface area (Å²) in [6, 6.07) is 13.0. The number of benzene rings is 2. The molecule has 3 rings (SSSR count). The lowest BCUT2D eigenvalue weighted by Crippen LogP contribution is -2.15. The molecule has 1 aromatic heterocycles. The fourth-order valence-electron chi connectivity index (χ4n) is 2.72. The Bertz CT molecular complexity index is 1050. The molecule has 0 aliphatic rings. The third-order valence-electron chi connectivity index (χ3n) is 4.23. The maximum atomic E-state index is 12.2. The zero-order valence-electron chi connectivity index (χ0n) is 17.0. The second-order valence-electron chi connectivity index (χ2n) is 6.22. The van der Waals surface area contributed by atoms with Gasteiger partial charge in [0.1, 0.15) is 6.61 Å². The van der Waals surface area contributed by atoms with E-state index >= 15 is 0 Å². The van der Waals surface area contributed by atoms with Crippen LogP contribution in [0.25, 0.3) is 0 Å². The molecule has 1 amide bonds. The quantitative estimate of drug-likeness (QED) is 0.287. The summed E-state index contributed by atoms with van der Waals surface area (Å²) in [6.07, 6.45) is 0. The number of amides is 1. The number of thioether (sulfide) groups is 1. The van der Waals surface area contributed by atoms with Gasteiger partial charge in [-0.25, -0.2) is 0 Å². The molecule has 0 bridgehead atoms. The maximum absolute atomic E-state index is 12.2. The van der Waals surface area contributed by atoms with Gasteiger partial charge in [-0.2, -0.15) is 0 Å². The Labute approximate surface area is 182 Å². The molecule has 0 aliphatic carbocycles. The van der Waals surface area contributed by atoms with E-state index in [-0.39, 0.29) is 24.0 Å². The average Bonchev–Trinajstić information content (AvgIpc) is 3.18. The van der Waals surface area contributed by atoms with E-state index in [0.29, 0.717) is 34.7 Å². The Morgan fingerprint density at radius 1 is 1.16 bits per heavy atom. The predicted molar refractivity (Wildman–Crippen MR) is 115 cm³/mol. The largest absolute Gasteiger partial charge is 0.493 e. The summed E-state index contributed by atoms with van der Waals surface area (Å²) in [6.45, 7) is 2.78. The summed E-state index contributed by atoms with van der Waals surface area (Å²) in [5.74, 6) is 1.72. The molecule has 1 heterocycles. The van der Waals surface area contributed by atoms with Crippen LogP contribution in [-0.4, -0.2) is 38.5 Å². The number of carbonyl (C=O) groups is 1. The molecule has 2 aromatic carbocycles. The summed E-state index contributed by atoms with van der Waals surface area (Å²) in [5, 5.41) is 22.3. The van der Waals surface area contributed by atoms with Gasteiger partial charge in [0.15, 0.2) is 22.5 Å². The number of hydrogen-bond donors (Lipinski definition) is 1. The lowest BCUT2D eigenvalue weighted by atomic mass is 10.3. The van der Waals surface area contributed by atoms with Crippen LogP contribution in [0.4, 0.5) is 11.4 Å². The van der Waals surface area contributed by atoms with Gasteiger partial charge in [-0.3, -0.25) is 14.9 Å². The summed E-state index contributed by atoms with van der Waals surface area (Å²) in [5.41, 5.74) is 0.449. The Hall–Kier alpha value is -3.60. The summed E-state index contributed by atoms with van der Waals surface area (Å²) in [7, 11) is 1.58. The van der Waals surface area contributed by atoms with Gasteiger partial charge in [-0.1, -0.05) is 23.9 Å². The minimum atomic E-state index is -0.492. The molecule has 0 radical (unpaired) electrons. The molecule has 0 atom stereocenters. The van der Waals surface area contributed by atoms with Crippen molar-refractivity contribution in [3.05, 3.63) is 64.5 Å². The molecule has 0 spiro atoms. The van der Waals surface area contributed by atoms with E-state index in [4.69, 9.17) is 9.47 Å². The first-order valence-electron chi connectivity index (χ1n) is 9.36. The molecule has 0 unspecified atom stereocenters. The number of nitrogens with zero attached hydrogens (tertiary/aromatic N) is 4. The Morgan fingerprint density at radius 3 is 2.52 bits per heavy atom. The molecule has 0 fully saturated rings. The molecular weight excluding hydrogens is 422 g/mol. The molecule has 1 N–H and O–H groups in total. The van der Waals surface area contributed by atoms with Crippen LogP contribution >= 0.6 is 11.8 Å². The molecule has 11 heteroatoms. The molecule has 162 valence electrons. The molecule has 0 aliphatic heterocycles. The third kappa shape index (κ3) is 5.72. The second-order valence-corrected chi connectivity index (χ2v) is 7.17. The number of methoxy groups -OCH3 is 1. The highest BCUT2D eigenvalue weighted by molar-refractivity contribution is 7.99. The first-order chi connectivity index (χ1) is 15.0. The summed E-state index contributed by atoms with van der Waals surface area (Å²) >= 11 is 1.25. The SMILES string of the molecule is CCn1c(COc2ccccc2OC)nnc1SCC(=O)Nc1ccc([N+](=O)[O-])cc1. The second kappa shape index (κ2) is 10.4. The van der Waals surface area contributed by atoms with Crippen molar-refractivity contribution in [2.75, 3.05) is 18.2 Å². The highest BCUT2D eigenvalue weighted by Crippen LogP contribution is 2.27. The lowest BCUT2D eigenvalue weighted by molar-refractivity contribution is -0.384. The summed E-state index contributed by atoms with van der Waals surface area (Å²) in [4.78, 5) is 22.4. The summed E-state index contributed by atoms with van der Waals surface area (Å²) < 4.78 is 13.0. The smallest absolute Gasteiger partial charge is 0.269 e. The van der Waals surface area contributed by atoms with E-state index in [1.807, 2.05) is 35.8 Å². The Balaban J connectivity index is 1.57. The van der Waals surface area contributed by atoms with Crippen molar-refractivity contribution in [2.24, 2.45) is 0 Å². The number of nitrogens with one attached hydrogen (secondary N) is 1. The van der Waals surface area contributed by atoms with Crippen molar-refractivity contribution in [2.45, 2.75) is 25.2 Å². The number of para-hydroxylation sites is 2. The van der Waals surface area contributed by atoms with Crippen molar-refractivity contribution in [3.8, 4) is 11.5 Å². The van der Waals surface area contributed by atoms with Crippen LogP contribution in [0.5, 0.6) is 11.5 Å². The van der Waals surface area contributed by atoms with Crippen LogP contribution < -0.4 is 14.8 Å². The van der Waals surface area contributed by atoms with E-state index in [0.717, 1.165) is 0 Å². The van der Waals surface area contributed by atoms with Crippen molar-refractivity contribution in [3.63, 3.8) is 0 Å². The normalized spacial score (nSPS) is 10.5. The number of nitro benzene ring substituents is 1. The third-order valence-corrected chi connectivity index (χ3v) is 5.20. The first-order valence-corrected chi connectivity index (χ1v) is 10.4. The average molecular weight is 443 g/mol. The fraction of sp³-hybridized carbons (Fsp3) is 0.250. The Kier molecular flexibility index (Phi) is 7.44. The van der Waals surface area contributed by atoms with Gasteiger partial charge in [0.05, 0.1) is 17.8 Å². The van der Waals surface area contributed by atoms with Crippen molar-refractivity contribution in [1.82, 2.24) is 14.8 Å². The van der Waals surface area contributed by atoms with Gasteiger partial charge in [-0.05, 0) is 31.2 Å². The van der Waals surface area contributed by atoms with Gasteiger partial charge in [-0.15, -0.1) is 10.2 Å². The Morgan fingerprint density at radius 2 is 1.87 bits per heavy atom. The minimum absolute atomic E-state index is 0.0358. The minimum Gasteiger partial charge on any atom is -0.493 e. The molecule has 10 nitrogen and oxygen atoms in total.